The first-order chi connectivity index (χ1) is 9.72. The first-order valence-corrected chi connectivity index (χ1v) is 6.32. The van der Waals surface area contributed by atoms with Crippen molar-refractivity contribution < 1.29 is 9.53 Å². The molecule has 1 saturated heterocycles. The molecule has 1 atom stereocenters. The highest BCUT2D eigenvalue weighted by Gasteiger charge is 2.29. The summed E-state index contributed by atoms with van der Waals surface area (Å²) in [6, 6.07) is 3.51. The van der Waals surface area contributed by atoms with E-state index in [4.69, 9.17) is 4.74 Å². The number of likely N-dealkylation sites (tertiary alicyclic amines) is 1. The van der Waals surface area contributed by atoms with Crippen LogP contribution < -0.4 is 4.74 Å². The van der Waals surface area contributed by atoms with Crippen molar-refractivity contribution in [3.8, 4) is 5.88 Å². The molecule has 1 fully saturated rings. The van der Waals surface area contributed by atoms with Gasteiger partial charge in [0, 0.05) is 32.3 Å². The first-order valence-electron chi connectivity index (χ1n) is 6.32. The quantitative estimate of drug-likeness (QED) is 0.776. The van der Waals surface area contributed by atoms with E-state index in [1.54, 1.807) is 36.5 Å². The SMILES string of the molecule is Cn1cc(C(=O)N2CCC(Oc3cccnn3)C2)nn1. The smallest absolute Gasteiger partial charge is 0.276 e. The van der Waals surface area contributed by atoms with Gasteiger partial charge in [-0.3, -0.25) is 9.48 Å². The van der Waals surface area contributed by atoms with E-state index in [-0.39, 0.29) is 12.0 Å². The molecule has 0 aromatic carbocycles. The average Bonchev–Trinajstić information content (AvgIpc) is 3.08. The summed E-state index contributed by atoms with van der Waals surface area (Å²) in [6.07, 6.45) is 3.90. The van der Waals surface area contributed by atoms with E-state index in [9.17, 15) is 4.79 Å². The maximum absolute atomic E-state index is 12.2. The number of carbonyl (C=O) groups excluding carboxylic acids is 1. The van der Waals surface area contributed by atoms with Gasteiger partial charge in [-0.1, -0.05) is 5.21 Å². The van der Waals surface area contributed by atoms with E-state index >= 15 is 0 Å². The van der Waals surface area contributed by atoms with Crippen LogP contribution in [0.1, 0.15) is 16.9 Å². The normalized spacial score (nSPS) is 18.2. The summed E-state index contributed by atoms with van der Waals surface area (Å²) in [5.41, 5.74) is 0.354. The van der Waals surface area contributed by atoms with Gasteiger partial charge >= 0.3 is 0 Å². The Hall–Kier alpha value is -2.51. The highest BCUT2D eigenvalue weighted by atomic mass is 16.5. The highest BCUT2D eigenvalue weighted by Crippen LogP contribution is 2.17. The summed E-state index contributed by atoms with van der Waals surface area (Å²) in [5.74, 6) is 0.356. The number of aromatic nitrogens is 5. The average molecular weight is 274 g/mol. The lowest BCUT2D eigenvalue weighted by Crippen LogP contribution is -2.31. The summed E-state index contributed by atoms with van der Waals surface area (Å²) < 4.78 is 7.20. The number of aryl methyl sites for hydroxylation is 1. The third-order valence-corrected chi connectivity index (χ3v) is 3.09. The zero-order chi connectivity index (χ0) is 13.9. The van der Waals surface area contributed by atoms with Crippen molar-refractivity contribution in [1.82, 2.24) is 30.1 Å². The van der Waals surface area contributed by atoms with Gasteiger partial charge in [0.1, 0.15) is 6.10 Å². The number of amides is 1. The maximum Gasteiger partial charge on any atom is 0.276 e. The van der Waals surface area contributed by atoms with Gasteiger partial charge in [0.05, 0.1) is 12.7 Å². The monoisotopic (exact) mass is 274 g/mol. The molecule has 20 heavy (non-hydrogen) atoms. The van der Waals surface area contributed by atoms with E-state index in [2.05, 4.69) is 20.5 Å². The van der Waals surface area contributed by atoms with Crippen LogP contribution in [-0.2, 0) is 7.05 Å². The molecule has 0 spiro atoms. The van der Waals surface area contributed by atoms with Crippen molar-refractivity contribution >= 4 is 5.91 Å². The van der Waals surface area contributed by atoms with Crippen LogP contribution in [0, 0.1) is 0 Å². The van der Waals surface area contributed by atoms with Crippen LogP contribution in [0.3, 0.4) is 0 Å². The van der Waals surface area contributed by atoms with Crippen LogP contribution >= 0.6 is 0 Å². The fraction of sp³-hybridized carbons (Fsp3) is 0.417. The predicted octanol–water partition coefficient (Wildman–Crippen LogP) is -0.101. The van der Waals surface area contributed by atoms with Crippen molar-refractivity contribution in [1.29, 1.82) is 0 Å². The van der Waals surface area contributed by atoms with Gasteiger partial charge < -0.3 is 9.64 Å². The molecule has 1 unspecified atom stereocenters. The van der Waals surface area contributed by atoms with Gasteiger partial charge in [0.15, 0.2) is 5.69 Å². The molecule has 2 aromatic heterocycles. The number of carbonyl (C=O) groups is 1. The van der Waals surface area contributed by atoms with Crippen LogP contribution in [0.4, 0.5) is 0 Å². The molecule has 8 nitrogen and oxygen atoms in total. The topological polar surface area (TPSA) is 86.0 Å². The number of hydrogen-bond acceptors (Lipinski definition) is 6. The first kappa shape index (κ1) is 12.5. The zero-order valence-electron chi connectivity index (χ0n) is 11.0. The van der Waals surface area contributed by atoms with Gasteiger partial charge in [-0.2, -0.15) is 5.10 Å². The van der Waals surface area contributed by atoms with E-state index in [0.29, 0.717) is 24.7 Å². The van der Waals surface area contributed by atoms with Gasteiger partial charge in [-0.25, -0.2) is 0 Å². The predicted molar refractivity (Wildman–Crippen MR) is 68.0 cm³/mol. The molecule has 3 heterocycles. The lowest BCUT2D eigenvalue weighted by atomic mass is 10.3. The number of ether oxygens (including phenoxy) is 1. The minimum absolute atomic E-state index is 0.0627. The van der Waals surface area contributed by atoms with Crippen molar-refractivity contribution in [2.75, 3.05) is 13.1 Å². The molecule has 2 aromatic rings. The number of nitrogens with zero attached hydrogens (tertiary/aromatic N) is 6. The Labute approximate surface area is 115 Å². The Morgan fingerprint density at radius 3 is 3.05 bits per heavy atom. The Bertz CT molecular complexity index is 599. The second kappa shape index (κ2) is 5.24. The lowest BCUT2D eigenvalue weighted by Gasteiger charge is -2.15. The van der Waals surface area contributed by atoms with E-state index in [1.165, 1.54) is 4.68 Å². The Morgan fingerprint density at radius 2 is 2.35 bits per heavy atom. The second-order valence-electron chi connectivity index (χ2n) is 4.62. The van der Waals surface area contributed by atoms with Gasteiger partial charge in [-0.05, 0) is 6.07 Å². The van der Waals surface area contributed by atoms with Crippen LogP contribution in [0.25, 0.3) is 0 Å². The van der Waals surface area contributed by atoms with Gasteiger partial charge in [-0.15, -0.1) is 10.2 Å². The largest absolute Gasteiger partial charge is 0.471 e. The van der Waals surface area contributed by atoms with Crippen molar-refractivity contribution in [3.63, 3.8) is 0 Å². The van der Waals surface area contributed by atoms with Crippen LogP contribution in [-0.4, -0.2) is 55.2 Å². The number of hydrogen-bond donors (Lipinski definition) is 0. The molecule has 8 heteroatoms. The second-order valence-corrected chi connectivity index (χ2v) is 4.62. The Morgan fingerprint density at radius 1 is 1.45 bits per heavy atom. The standard InChI is InChI=1S/C12H14N6O2/c1-17-8-10(14-16-17)12(19)18-6-4-9(7-18)20-11-3-2-5-13-15-11/h2-3,5,8-9H,4,6-7H2,1H3. The summed E-state index contributed by atoms with van der Waals surface area (Å²) in [7, 11) is 1.73. The molecular weight excluding hydrogens is 260 g/mol. The molecule has 0 bridgehead atoms. The molecular formula is C12H14N6O2. The zero-order valence-corrected chi connectivity index (χ0v) is 11.0. The Balaban J connectivity index is 1.61. The van der Waals surface area contributed by atoms with E-state index < -0.39 is 0 Å². The fourth-order valence-corrected chi connectivity index (χ4v) is 2.14. The van der Waals surface area contributed by atoms with E-state index in [1.807, 2.05) is 0 Å². The Kier molecular flexibility index (Phi) is 3.28. The van der Waals surface area contributed by atoms with Crippen LogP contribution in [0.15, 0.2) is 24.5 Å². The van der Waals surface area contributed by atoms with Crippen LogP contribution in [0.5, 0.6) is 5.88 Å². The van der Waals surface area contributed by atoms with Gasteiger partial charge in [0.25, 0.3) is 5.91 Å². The fourth-order valence-electron chi connectivity index (χ4n) is 2.14. The summed E-state index contributed by atoms with van der Waals surface area (Å²) in [5, 5.41) is 15.2. The molecule has 3 rings (SSSR count). The molecule has 0 N–H and O–H groups in total. The van der Waals surface area contributed by atoms with Crippen molar-refractivity contribution in [2.45, 2.75) is 12.5 Å². The lowest BCUT2D eigenvalue weighted by molar-refractivity contribution is 0.0765. The molecule has 104 valence electrons. The number of rotatable bonds is 3. The van der Waals surface area contributed by atoms with Gasteiger partial charge in [0.2, 0.25) is 5.88 Å². The minimum atomic E-state index is -0.122. The minimum Gasteiger partial charge on any atom is -0.471 e. The molecule has 1 aliphatic rings. The molecule has 0 saturated carbocycles. The molecule has 1 amide bonds. The third-order valence-electron chi connectivity index (χ3n) is 3.09. The third kappa shape index (κ3) is 2.58. The maximum atomic E-state index is 12.2. The summed E-state index contributed by atoms with van der Waals surface area (Å²) >= 11 is 0. The molecule has 1 aliphatic heterocycles. The van der Waals surface area contributed by atoms with E-state index in [0.717, 1.165) is 6.42 Å². The van der Waals surface area contributed by atoms with Crippen molar-refractivity contribution in [3.05, 3.63) is 30.2 Å². The van der Waals surface area contributed by atoms with Crippen molar-refractivity contribution in [2.24, 2.45) is 7.05 Å². The highest BCUT2D eigenvalue weighted by molar-refractivity contribution is 5.92. The van der Waals surface area contributed by atoms with Crippen LogP contribution in [0.2, 0.25) is 0 Å². The summed E-state index contributed by atoms with van der Waals surface area (Å²) in [4.78, 5) is 13.9. The molecule has 0 aliphatic carbocycles. The summed E-state index contributed by atoms with van der Waals surface area (Å²) in [6.45, 7) is 1.16. The molecule has 0 radical (unpaired) electrons.